The molecule has 1 aromatic rings. The lowest BCUT2D eigenvalue weighted by Gasteiger charge is -2.27. The van der Waals surface area contributed by atoms with Gasteiger partial charge in [-0.1, -0.05) is 24.5 Å². The minimum atomic E-state index is -0.716. The zero-order valence-electron chi connectivity index (χ0n) is 15.0. The van der Waals surface area contributed by atoms with Crippen LogP contribution in [0, 0.1) is 5.92 Å². The number of aromatic amines is 1. The van der Waals surface area contributed by atoms with E-state index in [1.54, 1.807) is 0 Å². The lowest BCUT2D eigenvalue weighted by Crippen LogP contribution is -2.53. The highest BCUT2D eigenvalue weighted by molar-refractivity contribution is 5.87. The van der Waals surface area contributed by atoms with Crippen molar-refractivity contribution in [2.45, 2.75) is 64.5 Å². The summed E-state index contributed by atoms with van der Waals surface area (Å²) in [6.45, 7) is 4.22. The van der Waals surface area contributed by atoms with E-state index < -0.39 is 12.1 Å². The molecule has 25 heavy (non-hydrogen) atoms. The Labute approximate surface area is 147 Å². The van der Waals surface area contributed by atoms with Gasteiger partial charge in [0.1, 0.15) is 6.04 Å². The van der Waals surface area contributed by atoms with E-state index >= 15 is 0 Å². The van der Waals surface area contributed by atoms with Crippen LogP contribution in [0.15, 0.2) is 0 Å². The van der Waals surface area contributed by atoms with Crippen molar-refractivity contribution in [3.63, 3.8) is 0 Å². The first-order valence-electron chi connectivity index (χ1n) is 8.95. The number of aromatic nitrogens is 4. The number of hydrogen-bond acceptors (Lipinski definition) is 6. The second-order valence-corrected chi connectivity index (χ2v) is 6.59. The fourth-order valence-corrected chi connectivity index (χ4v) is 3.05. The summed E-state index contributed by atoms with van der Waals surface area (Å²) in [5.74, 6) is 0.551. The molecule has 140 valence electrons. The molecule has 0 radical (unpaired) electrons. The highest BCUT2D eigenvalue weighted by Gasteiger charge is 2.27. The molecule has 0 aliphatic heterocycles. The van der Waals surface area contributed by atoms with Gasteiger partial charge < -0.3 is 15.4 Å². The highest BCUT2D eigenvalue weighted by Crippen LogP contribution is 2.24. The second-order valence-electron chi connectivity index (χ2n) is 6.59. The van der Waals surface area contributed by atoms with Crippen LogP contribution in [0.25, 0.3) is 0 Å². The van der Waals surface area contributed by atoms with Gasteiger partial charge in [0.2, 0.25) is 11.8 Å². The Hall–Kier alpha value is -2.03. The van der Waals surface area contributed by atoms with Crippen LogP contribution in [-0.4, -0.2) is 57.7 Å². The van der Waals surface area contributed by atoms with Crippen LogP contribution < -0.4 is 10.6 Å². The highest BCUT2D eigenvalue weighted by atomic mass is 16.5. The number of rotatable bonds is 9. The van der Waals surface area contributed by atoms with Crippen LogP contribution in [0.1, 0.15) is 51.8 Å². The maximum Gasteiger partial charge on any atom is 0.245 e. The van der Waals surface area contributed by atoms with Crippen molar-refractivity contribution in [3.8, 4) is 0 Å². The molecular formula is C16H28N6O3. The molecule has 3 N–H and O–H groups in total. The average Bonchev–Trinajstić information content (AvgIpc) is 3.11. The third-order valence-corrected chi connectivity index (χ3v) is 4.47. The fraction of sp³-hybridized carbons (Fsp3) is 0.812. The van der Waals surface area contributed by atoms with E-state index in [0.29, 0.717) is 31.3 Å². The minimum absolute atomic E-state index is 0.258. The van der Waals surface area contributed by atoms with Gasteiger partial charge in [-0.25, -0.2) is 0 Å². The maximum absolute atomic E-state index is 12.4. The van der Waals surface area contributed by atoms with Gasteiger partial charge in [0, 0.05) is 26.5 Å². The first kappa shape index (κ1) is 19.3. The SMILES string of the molecule is CC(=O)NC(C(=O)NCCc1nn[nH]n1)C(C)OCC1CCCCC1. The normalized spacial score (nSPS) is 17.7. The number of tetrazole rings is 1. The van der Waals surface area contributed by atoms with Gasteiger partial charge in [-0.15, -0.1) is 10.2 Å². The zero-order chi connectivity index (χ0) is 18.1. The van der Waals surface area contributed by atoms with Gasteiger partial charge in [-0.2, -0.15) is 5.21 Å². The molecule has 1 heterocycles. The van der Waals surface area contributed by atoms with Gasteiger partial charge in [-0.3, -0.25) is 9.59 Å². The minimum Gasteiger partial charge on any atom is -0.376 e. The predicted octanol–water partition coefficient (Wildman–Crippen LogP) is 0.349. The monoisotopic (exact) mass is 352 g/mol. The predicted molar refractivity (Wildman–Crippen MR) is 90.5 cm³/mol. The summed E-state index contributed by atoms with van der Waals surface area (Å²) < 4.78 is 5.90. The van der Waals surface area contributed by atoms with Crippen molar-refractivity contribution in [3.05, 3.63) is 5.82 Å². The zero-order valence-corrected chi connectivity index (χ0v) is 15.0. The number of nitrogens with one attached hydrogen (secondary N) is 3. The Morgan fingerprint density at radius 3 is 2.72 bits per heavy atom. The molecule has 0 saturated heterocycles. The lowest BCUT2D eigenvalue weighted by atomic mass is 9.90. The van der Waals surface area contributed by atoms with E-state index in [2.05, 4.69) is 31.3 Å². The molecular weight excluding hydrogens is 324 g/mol. The average molecular weight is 352 g/mol. The van der Waals surface area contributed by atoms with E-state index in [0.717, 1.165) is 0 Å². The van der Waals surface area contributed by atoms with Crippen LogP contribution >= 0.6 is 0 Å². The number of ether oxygens (including phenoxy) is 1. The smallest absolute Gasteiger partial charge is 0.245 e. The molecule has 0 spiro atoms. The molecule has 2 atom stereocenters. The summed E-state index contributed by atoms with van der Waals surface area (Å²) in [6.07, 6.45) is 6.21. The van der Waals surface area contributed by atoms with Crippen LogP contribution in [0.2, 0.25) is 0 Å². The van der Waals surface area contributed by atoms with Gasteiger partial charge in [0.25, 0.3) is 0 Å². The topological polar surface area (TPSA) is 122 Å². The Morgan fingerprint density at radius 1 is 1.32 bits per heavy atom. The van der Waals surface area contributed by atoms with Crippen molar-refractivity contribution in [2.75, 3.05) is 13.2 Å². The number of nitrogens with zero attached hydrogens (tertiary/aromatic N) is 3. The Kier molecular flexibility index (Phi) is 7.77. The molecule has 1 fully saturated rings. The summed E-state index contributed by atoms with van der Waals surface area (Å²) >= 11 is 0. The number of H-pyrrole nitrogens is 1. The molecule has 2 unspecified atom stereocenters. The van der Waals surface area contributed by atoms with Crippen molar-refractivity contribution in [1.29, 1.82) is 0 Å². The van der Waals surface area contributed by atoms with Gasteiger partial charge in [0.05, 0.1) is 6.10 Å². The van der Waals surface area contributed by atoms with E-state index in [1.807, 2.05) is 6.92 Å². The van der Waals surface area contributed by atoms with E-state index in [4.69, 9.17) is 4.74 Å². The summed E-state index contributed by atoms with van der Waals surface area (Å²) in [5.41, 5.74) is 0. The van der Waals surface area contributed by atoms with Gasteiger partial charge >= 0.3 is 0 Å². The van der Waals surface area contributed by atoms with Crippen molar-refractivity contribution in [1.82, 2.24) is 31.3 Å². The van der Waals surface area contributed by atoms with Crippen LogP contribution in [0.5, 0.6) is 0 Å². The van der Waals surface area contributed by atoms with E-state index in [9.17, 15) is 9.59 Å². The third-order valence-electron chi connectivity index (χ3n) is 4.47. The lowest BCUT2D eigenvalue weighted by molar-refractivity contribution is -0.132. The molecule has 1 aliphatic carbocycles. The molecule has 0 bridgehead atoms. The number of carbonyl (C=O) groups is 2. The Morgan fingerprint density at radius 2 is 2.08 bits per heavy atom. The van der Waals surface area contributed by atoms with Crippen LogP contribution in [0.3, 0.4) is 0 Å². The summed E-state index contributed by atoms with van der Waals surface area (Å²) in [4.78, 5) is 23.9. The Bertz CT molecular complexity index is 530. The van der Waals surface area contributed by atoms with Crippen molar-refractivity contribution in [2.24, 2.45) is 5.92 Å². The largest absolute Gasteiger partial charge is 0.376 e. The summed E-state index contributed by atoms with van der Waals surface area (Å²) in [7, 11) is 0. The first-order valence-corrected chi connectivity index (χ1v) is 8.95. The molecule has 9 heteroatoms. The molecule has 1 saturated carbocycles. The van der Waals surface area contributed by atoms with Crippen LogP contribution in [-0.2, 0) is 20.7 Å². The maximum atomic E-state index is 12.4. The van der Waals surface area contributed by atoms with Crippen molar-refractivity contribution >= 4 is 11.8 Å². The number of hydrogen-bond donors (Lipinski definition) is 3. The van der Waals surface area contributed by atoms with Gasteiger partial charge in [-0.05, 0) is 25.7 Å². The first-order chi connectivity index (χ1) is 12.1. The molecule has 0 aromatic carbocycles. The standard InChI is InChI=1S/C16H28N6O3/c1-11(25-10-13-6-4-3-5-7-13)15(18-12(2)23)16(24)17-9-8-14-19-21-22-20-14/h11,13,15H,3-10H2,1-2H3,(H,17,24)(H,18,23)(H,19,20,21,22). The number of amides is 2. The second kappa shape index (κ2) is 10.1. The van der Waals surface area contributed by atoms with Crippen molar-refractivity contribution < 1.29 is 14.3 Å². The van der Waals surface area contributed by atoms with Crippen LogP contribution in [0.4, 0.5) is 0 Å². The van der Waals surface area contributed by atoms with E-state index in [1.165, 1.54) is 39.0 Å². The molecule has 9 nitrogen and oxygen atoms in total. The van der Waals surface area contributed by atoms with E-state index in [-0.39, 0.29) is 11.8 Å². The molecule has 1 aliphatic rings. The summed E-state index contributed by atoms with van der Waals surface area (Å²) in [6, 6.07) is -0.716. The fourth-order valence-electron chi connectivity index (χ4n) is 3.05. The van der Waals surface area contributed by atoms with Gasteiger partial charge in [0.15, 0.2) is 5.82 Å². The quantitative estimate of drug-likeness (QED) is 0.589. The molecule has 1 aromatic heterocycles. The Balaban J connectivity index is 1.80. The molecule has 2 amide bonds. The molecule has 2 rings (SSSR count). The number of carbonyl (C=O) groups excluding carboxylic acids is 2. The summed E-state index contributed by atoms with van der Waals surface area (Å²) in [5, 5.41) is 19.0. The third kappa shape index (κ3) is 6.77.